The predicted molar refractivity (Wildman–Crippen MR) is 90.8 cm³/mol. The zero-order valence-corrected chi connectivity index (χ0v) is 13.5. The van der Waals surface area contributed by atoms with Gasteiger partial charge in [0.2, 0.25) is 0 Å². The molecule has 2 saturated heterocycles. The number of para-hydroxylation sites is 2. The van der Waals surface area contributed by atoms with Gasteiger partial charge in [0.15, 0.2) is 0 Å². The molecule has 3 heterocycles. The predicted octanol–water partition coefficient (Wildman–Crippen LogP) is 2.14. The number of hydrogen-bond donors (Lipinski definition) is 2. The average molecular weight is 315 g/mol. The van der Waals surface area contributed by atoms with Gasteiger partial charge in [0.05, 0.1) is 24.0 Å². The smallest absolute Gasteiger partial charge is 0.252 e. The van der Waals surface area contributed by atoms with Gasteiger partial charge in [0.25, 0.3) is 5.91 Å². The number of fused-ring (bicyclic) bond motifs is 1. The summed E-state index contributed by atoms with van der Waals surface area (Å²) in [5.41, 5.74) is 1.62. The van der Waals surface area contributed by atoms with Gasteiger partial charge in [0.1, 0.15) is 5.54 Å². The Morgan fingerprint density at radius 1 is 1.22 bits per heavy atom. The van der Waals surface area contributed by atoms with Gasteiger partial charge >= 0.3 is 0 Å². The Morgan fingerprint density at radius 2 is 2.04 bits per heavy atom. The van der Waals surface area contributed by atoms with E-state index in [0.717, 1.165) is 56.8 Å². The molecule has 2 N–H and O–H groups in total. The van der Waals surface area contributed by atoms with Gasteiger partial charge < -0.3 is 20.3 Å². The van der Waals surface area contributed by atoms with Crippen LogP contribution in [0.15, 0.2) is 24.3 Å². The van der Waals surface area contributed by atoms with Gasteiger partial charge in [-0.15, -0.1) is 0 Å². The third-order valence-electron chi connectivity index (χ3n) is 5.34. The standard InChI is InChI=1S/C18H25N3O2/c22-17-18(8-10-19-11-9-18)20-15-6-1-2-7-16(15)21(17)13-14-5-3-4-12-23-14/h1-2,6-7,14,19-20H,3-5,8-13H2/t14-/m0/s1. The Kier molecular flexibility index (Phi) is 3.99. The molecule has 2 fully saturated rings. The number of carbonyl (C=O) groups is 1. The number of anilines is 2. The molecule has 1 spiro atoms. The van der Waals surface area contributed by atoms with Crippen LogP contribution in [-0.2, 0) is 9.53 Å². The summed E-state index contributed by atoms with van der Waals surface area (Å²) >= 11 is 0. The lowest BCUT2D eigenvalue weighted by Crippen LogP contribution is -2.62. The van der Waals surface area contributed by atoms with E-state index < -0.39 is 5.54 Å². The van der Waals surface area contributed by atoms with Crippen molar-refractivity contribution in [3.63, 3.8) is 0 Å². The van der Waals surface area contributed by atoms with E-state index in [0.29, 0.717) is 6.54 Å². The summed E-state index contributed by atoms with van der Waals surface area (Å²) in [5, 5.41) is 6.92. The van der Waals surface area contributed by atoms with Crippen molar-refractivity contribution in [1.82, 2.24) is 5.32 Å². The average Bonchev–Trinajstić information content (AvgIpc) is 2.61. The summed E-state index contributed by atoms with van der Waals surface area (Å²) < 4.78 is 5.89. The summed E-state index contributed by atoms with van der Waals surface area (Å²) in [6.07, 6.45) is 5.22. The van der Waals surface area contributed by atoms with Gasteiger partial charge in [-0.1, -0.05) is 12.1 Å². The first-order valence-electron chi connectivity index (χ1n) is 8.80. The third-order valence-corrected chi connectivity index (χ3v) is 5.34. The molecule has 0 saturated carbocycles. The Morgan fingerprint density at radius 3 is 2.83 bits per heavy atom. The maximum Gasteiger partial charge on any atom is 0.252 e. The molecule has 1 aromatic rings. The van der Waals surface area contributed by atoms with Crippen LogP contribution >= 0.6 is 0 Å². The van der Waals surface area contributed by atoms with Crippen LogP contribution in [0, 0.1) is 0 Å². The quantitative estimate of drug-likeness (QED) is 0.878. The fourth-order valence-electron chi connectivity index (χ4n) is 4.02. The number of nitrogens with zero attached hydrogens (tertiary/aromatic N) is 1. The molecule has 0 aliphatic carbocycles. The van der Waals surface area contributed by atoms with Crippen LogP contribution in [0.25, 0.3) is 0 Å². The Hall–Kier alpha value is -1.59. The van der Waals surface area contributed by atoms with E-state index in [1.165, 1.54) is 6.42 Å². The second kappa shape index (κ2) is 6.13. The molecule has 4 rings (SSSR count). The van der Waals surface area contributed by atoms with E-state index in [-0.39, 0.29) is 12.0 Å². The minimum Gasteiger partial charge on any atom is -0.376 e. The van der Waals surface area contributed by atoms with Gasteiger partial charge in [-0.3, -0.25) is 4.79 Å². The molecule has 5 heteroatoms. The molecule has 0 aromatic heterocycles. The number of piperidine rings is 1. The second-order valence-corrected chi connectivity index (χ2v) is 6.88. The molecule has 1 atom stereocenters. The van der Waals surface area contributed by atoms with Crippen LogP contribution in [0.5, 0.6) is 0 Å². The van der Waals surface area contributed by atoms with Gasteiger partial charge in [0, 0.05) is 6.61 Å². The number of rotatable bonds is 2. The van der Waals surface area contributed by atoms with Crippen LogP contribution in [-0.4, -0.2) is 43.8 Å². The van der Waals surface area contributed by atoms with Gasteiger partial charge in [-0.25, -0.2) is 0 Å². The van der Waals surface area contributed by atoms with Crippen molar-refractivity contribution in [2.24, 2.45) is 0 Å². The van der Waals surface area contributed by atoms with Crippen molar-refractivity contribution in [2.45, 2.75) is 43.7 Å². The first-order chi connectivity index (χ1) is 11.3. The molecule has 3 aliphatic heterocycles. The number of amides is 1. The molecule has 0 bridgehead atoms. The highest BCUT2D eigenvalue weighted by Crippen LogP contribution is 2.39. The molecule has 124 valence electrons. The number of nitrogens with one attached hydrogen (secondary N) is 2. The number of hydrogen-bond acceptors (Lipinski definition) is 4. The van der Waals surface area contributed by atoms with Crippen molar-refractivity contribution < 1.29 is 9.53 Å². The molecule has 23 heavy (non-hydrogen) atoms. The highest BCUT2D eigenvalue weighted by molar-refractivity contribution is 6.08. The molecule has 0 unspecified atom stereocenters. The molecular formula is C18H25N3O2. The van der Waals surface area contributed by atoms with Gasteiger partial charge in [-0.05, 0) is 57.3 Å². The number of benzene rings is 1. The van der Waals surface area contributed by atoms with Crippen molar-refractivity contribution in [3.05, 3.63) is 24.3 Å². The van der Waals surface area contributed by atoms with Crippen molar-refractivity contribution in [3.8, 4) is 0 Å². The summed E-state index contributed by atoms with van der Waals surface area (Å²) in [6, 6.07) is 8.16. The maximum atomic E-state index is 13.3. The molecule has 3 aliphatic rings. The Bertz CT molecular complexity index is 577. The highest BCUT2D eigenvalue weighted by Gasteiger charge is 2.46. The third kappa shape index (κ3) is 2.72. The summed E-state index contributed by atoms with van der Waals surface area (Å²) in [6.45, 7) is 3.26. The van der Waals surface area contributed by atoms with Crippen LogP contribution in [0.1, 0.15) is 32.1 Å². The monoisotopic (exact) mass is 315 g/mol. The minimum atomic E-state index is -0.450. The minimum absolute atomic E-state index is 0.164. The highest BCUT2D eigenvalue weighted by atomic mass is 16.5. The first kappa shape index (κ1) is 15.0. The van der Waals surface area contributed by atoms with Crippen LogP contribution in [0.3, 0.4) is 0 Å². The number of ether oxygens (including phenoxy) is 1. The second-order valence-electron chi connectivity index (χ2n) is 6.88. The van der Waals surface area contributed by atoms with Crippen molar-refractivity contribution in [2.75, 3.05) is 36.5 Å². The SMILES string of the molecule is O=C1N(C[C@@H]2CCCCO2)c2ccccc2NC12CCNCC2. The lowest BCUT2D eigenvalue weighted by atomic mass is 9.84. The first-order valence-corrected chi connectivity index (χ1v) is 8.80. The Balaban J connectivity index is 1.65. The lowest BCUT2D eigenvalue weighted by molar-refractivity contribution is -0.124. The van der Waals surface area contributed by atoms with E-state index in [2.05, 4.69) is 16.7 Å². The fourth-order valence-corrected chi connectivity index (χ4v) is 4.02. The summed E-state index contributed by atoms with van der Waals surface area (Å²) in [4.78, 5) is 15.3. The summed E-state index contributed by atoms with van der Waals surface area (Å²) in [5.74, 6) is 0.215. The topological polar surface area (TPSA) is 53.6 Å². The maximum absolute atomic E-state index is 13.3. The molecule has 1 aromatic carbocycles. The van der Waals surface area contributed by atoms with Crippen molar-refractivity contribution in [1.29, 1.82) is 0 Å². The molecular weight excluding hydrogens is 290 g/mol. The van der Waals surface area contributed by atoms with E-state index in [1.54, 1.807) is 0 Å². The zero-order valence-electron chi connectivity index (χ0n) is 13.5. The van der Waals surface area contributed by atoms with Crippen LogP contribution < -0.4 is 15.5 Å². The number of carbonyl (C=O) groups excluding carboxylic acids is 1. The summed E-state index contributed by atoms with van der Waals surface area (Å²) in [7, 11) is 0. The van der Waals surface area contributed by atoms with Crippen LogP contribution in [0.2, 0.25) is 0 Å². The van der Waals surface area contributed by atoms with E-state index in [9.17, 15) is 4.79 Å². The zero-order chi connectivity index (χ0) is 15.7. The van der Waals surface area contributed by atoms with E-state index in [4.69, 9.17) is 4.74 Å². The van der Waals surface area contributed by atoms with Gasteiger partial charge in [-0.2, -0.15) is 0 Å². The largest absolute Gasteiger partial charge is 0.376 e. The Labute approximate surface area is 137 Å². The molecule has 5 nitrogen and oxygen atoms in total. The van der Waals surface area contributed by atoms with E-state index >= 15 is 0 Å². The lowest BCUT2D eigenvalue weighted by Gasteiger charge is -2.46. The fraction of sp³-hybridized carbons (Fsp3) is 0.611. The molecule has 0 radical (unpaired) electrons. The van der Waals surface area contributed by atoms with Crippen molar-refractivity contribution >= 4 is 17.3 Å². The van der Waals surface area contributed by atoms with E-state index in [1.807, 2.05) is 23.1 Å². The normalized spacial score (nSPS) is 26.7. The molecule has 1 amide bonds. The van der Waals surface area contributed by atoms with Crippen LogP contribution in [0.4, 0.5) is 11.4 Å².